The van der Waals surface area contributed by atoms with Crippen LogP contribution in [-0.4, -0.2) is 17.8 Å². The maximum absolute atomic E-state index is 4.37. The van der Waals surface area contributed by atoms with E-state index in [2.05, 4.69) is 31.9 Å². The largest absolute Gasteiger partial charge is 0.276 e. The Labute approximate surface area is 68.6 Å². The minimum absolute atomic E-state index is 0.187. The maximum Gasteiger partial charge on any atom is 0.0450 e. The first kappa shape index (κ1) is 8.31. The lowest BCUT2D eigenvalue weighted by Crippen LogP contribution is -2.28. The van der Waals surface area contributed by atoms with Crippen molar-refractivity contribution in [2.24, 2.45) is 10.5 Å². The van der Waals surface area contributed by atoms with Gasteiger partial charge in [0.15, 0.2) is 0 Å². The van der Waals surface area contributed by atoms with E-state index in [9.17, 15) is 0 Å². The summed E-state index contributed by atoms with van der Waals surface area (Å²) in [7, 11) is 1.95. The van der Waals surface area contributed by atoms with Gasteiger partial charge in [-0.15, -0.1) is 0 Å². The van der Waals surface area contributed by atoms with Crippen LogP contribution in [0, 0.1) is 5.41 Å². The van der Waals surface area contributed by atoms with Crippen molar-refractivity contribution in [3.63, 3.8) is 0 Å². The highest BCUT2D eigenvalue weighted by molar-refractivity contribution is 5.89. The van der Waals surface area contributed by atoms with Crippen LogP contribution in [0.5, 0.6) is 0 Å². The SMILES string of the molecule is CCC1(C)C=CN(C)N=C1C. The van der Waals surface area contributed by atoms with Crippen molar-refractivity contribution < 1.29 is 0 Å². The van der Waals surface area contributed by atoms with Crippen molar-refractivity contribution in [2.75, 3.05) is 7.05 Å². The quantitative estimate of drug-likeness (QED) is 0.562. The number of hydrogen-bond donors (Lipinski definition) is 0. The zero-order valence-corrected chi connectivity index (χ0v) is 7.76. The van der Waals surface area contributed by atoms with Crippen LogP contribution in [0.3, 0.4) is 0 Å². The first-order valence-corrected chi connectivity index (χ1v) is 4.06. The molecule has 2 heteroatoms. The van der Waals surface area contributed by atoms with Gasteiger partial charge in [-0.25, -0.2) is 0 Å². The standard InChI is InChI=1S/C9H16N2/c1-5-9(3)6-7-11(4)10-8(9)2/h6-7H,5H2,1-4H3. The van der Waals surface area contributed by atoms with Crippen LogP contribution in [-0.2, 0) is 0 Å². The second-order valence-electron chi connectivity index (χ2n) is 3.35. The zero-order chi connectivity index (χ0) is 8.48. The van der Waals surface area contributed by atoms with Gasteiger partial charge in [0.2, 0.25) is 0 Å². The van der Waals surface area contributed by atoms with Gasteiger partial charge in [0, 0.05) is 24.4 Å². The number of hydrazone groups is 1. The molecular formula is C9H16N2. The molecule has 1 atom stereocenters. The maximum atomic E-state index is 4.37. The molecule has 62 valence electrons. The Kier molecular flexibility index (Phi) is 2.03. The fraction of sp³-hybridized carbons (Fsp3) is 0.667. The normalized spacial score (nSPS) is 30.5. The number of allylic oxidation sites excluding steroid dienone is 1. The van der Waals surface area contributed by atoms with Crippen molar-refractivity contribution >= 4 is 5.71 Å². The average Bonchev–Trinajstić information content (AvgIpc) is 1.98. The Balaban J connectivity index is 2.87. The first-order valence-electron chi connectivity index (χ1n) is 4.06. The Bertz CT molecular complexity index is 206. The van der Waals surface area contributed by atoms with Crippen LogP contribution in [0.25, 0.3) is 0 Å². The molecule has 0 aromatic heterocycles. The average molecular weight is 152 g/mol. The van der Waals surface area contributed by atoms with Gasteiger partial charge in [0.05, 0.1) is 0 Å². The van der Waals surface area contributed by atoms with E-state index in [0.717, 1.165) is 6.42 Å². The van der Waals surface area contributed by atoms with Crippen LogP contribution < -0.4 is 0 Å². The third-order valence-electron chi connectivity index (χ3n) is 2.53. The fourth-order valence-electron chi connectivity index (χ4n) is 1.15. The molecule has 0 fully saturated rings. The van der Waals surface area contributed by atoms with Crippen LogP contribution in [0.4, 0.5) is 0 Å². The van der Waals surface area contributed by atoms with Crippen molar-refractivity contribution in [1.29, 1.82) is 0 Å². The summed E-state index contributed by atoms with van der Waals surface area (Å²) < 4.78 is 0. The third-order valence-corrected chi connectivity index (χ3v) is 2.53. The van der Waals surface area contributed by atoms with Gasteiger partial charge in [-0.2, -0.15) is 5.10 Å². The van der Waals surface area contributed by atoms with Gasteiger partial charge in [-0.1, -0.05) is 19.9 Å². The fourth-order valence-corrected chi connectivity index (χ4v) is 1.15. The van der Waals surface area contributed by atoms with E-state index in [-0.39, 0.29) is 5.41 Å². The lowest BCUT2D eigenvalue weighted by Gasteiger charge is -2.29. The minimum atomic E-state index is 0.187. The molecule has 11 heavy (non-hydrogen) atoms. The molecule has 0 aromatic rings. The molecule has 0 bridgehead atoms. The molecule has 0 aromatic carbocycles. The molecule has 0 amide bonds. The molecule has 1 heterocycles. The molecule has 0 spiro atoms. The summed E-state index contributed by atoms with van der Waals surface area (Å²) >= 11 is 0. The molecule has 1 aliphatic heterocycles. The van der Waals surface area contributed by atoms with Crippen molar-refractivity contribution in [3.8, 4) is 0 Å². The minimum Gasteiger partial charge on any atom is -0.276 e. The molecule has 1 rings (SSSR count). The molecule has 0 saturated heterocycles. The molecule has 0 aliphatic carbocycles. The Morgan fingerprint density at radius 1 is 1.64 bits per heavy atom. The highest BCUT2D eigenvalue weighted by Crippen LogP contribution is 2.28. The van der Waals surface area contributed by atoms with Gasteiger partial charge in [-0.05, 0) is 13.3 Å². The lowest BCUT2D eigenvalue weighted by molar-refractivity contribution is 0.432. The Morgan fingerprint density at radius 3 is 2.73 bits per heavy atom. The van der Waals surface area contributed by atoms with Crippen LogP contribution >= 0.6 is 0 Å². The van der Waals surface area contributed by atoms with E-state index in [1.54, 1.807) is 0 Å². The monoisotopic (exact) mass is 152 g/mol. The topological polar surface area (TPSA) is 15.6 Å². The molecule has 0 radical (unpaired) electrons. The zero-order valence-electron chi connectivity index (χ0n) is 7.76. The summed E-state index contributed by atoms with van der Waals surface area (Å²) in [6.45, 7) is 6.49. The summed E-state index contributed by atoms with van der Waals surface area (Å²) in [6.07, 6.45) is 5.36. The van der Waals surface area contributed by atoms with E-state index in [0.29, 0.717) is 0 Å². The number of rotatable bonds is 1. The van der Waals surface area contributed by atoms with Crippen molar-refractivity contribution in [1.82, 2.24) is 5.01 Å². The van der Waals surface area contributed by atoms with Gasteiger partial charge in [0.1, 0.15) is 0 Å². The molecule has 2 nitrogen and oxygen atoms in total. The summed E-state index contributed by atoms with van der Waals surface area (Å²) in [5.41, 5.74) is 1.39. The Morgan fingerprint density at radius 2 is 2.27 bits per heavy atom. The van der Waals surface area contributed by atoms with E-state index >= 15 is 0 Å². The third kappa shape index (κ3) is 1.44. The van der Waals surface area contributed by atoms with Crippen LogP contribution in [0.2, 0.25) is 0 Å². The predicted molar refractivity (Wildman–Crippen MR) is 48.4 cm³/mol. The van der Waals surface area contributed by atoms with Crippen LogP contribution in [0.1, 0.15) is 27.2 Å². The van der Waals surface area contributed by atoms with Crippen molar-refractivity contribution in [3.05, 3.63) is 12.3 Å². The van der Waals surface area contributed by atoms with Gasteiger partial charge < -0.3 is 0 Å². The van der Waals surface area contributed by atoms with E-state index in [1.807, 2.05) is 18.3 Å². The van der Waals surface area contributed by atoms with Gasteiger partial charge in [-0.3, -0.25) is 5.01 Å². The summed E-state index contributed by atoms with van der Waals surface area (Å²) in [4.78, 5) is 0. The highest BCUT2D eigenvalue weighted by Gasteiger charge is 2.25. The summed E-state index contributed by atoms with van der Waals surface area (Å²) in [5.74, 6) is 0. The number of nitrogens with zero attached hydrogens (tertiary/aromatic N) is 2. The summed E-state index contributed by atoms with van der Waals surface area (Å²) in [5, 5.41) is 6.22. The Hall–Kier alpha value is -0.790. The molecule has 0 N–H and O–H groups in total. The summed E-state index contributed by atoms with van der Waals surface area (Å²) in [6, 6.07) is 0. The molecule has 1 unspecified atom stereocenters. The smallest absolute Gasteiger partial charge is 0.0450 e. The lowest BCUT2D eigenvalue weighted by atomic mass is 9.82. The van der Waals surface area contributed by atoms with Gasteiger partial charge >= 0.3 is 0 Å². The highest BCUT2D eigenvalue weighted by atomic mass is 15.4. The van der Waals surface area contributed by atoms with Crippen LogP contribution in [0.15, 0.2) is 17.4 Å². The molecule has 1 aliphatic rings. The second kappa shape index (κ2) is 2.68. The number of hydrogen-bond acceptors (Lipinski definition) is 2. The van der Waals surface area contributed by atoms with Crippen molar-refractivity contribution in [2.45, 2.75) is 27.2 Å². The molecular weight excluding hydrogens is 136 g/mol. The molecule has 0 saturated carbocycles. The van der Waals surface area contributed by atoms with E-state index in [1.165, 1.54) is 5.71 Å². The van der Waals surface area contributed by atoms with E-state index in [4.69, 9.17) is 0 Å². The predicted octanol–water partition coefficient (Wildman–Crippen LogP) is 2.24. The first-order chi connectivity index (χ1) is 5.08. The second-order valence-corrected chi connectivity index (χ2v) is 3.35. The van der Waals surface area contributed by atoms with E-state index < -0.39 is 0 Å². The van der Waals surface area contributed by atoms with Gasteiger partial charge in [0.25, 0.3) is 0 Å².